The lowest BCUT2D eigenvalue weighted by molar-refractivity contribution is -0.130. The molecule has 0 radical (unpaired) electrons. The highest BCUT2D eigenvalue weighted by Crippen LogP contribution is 2.21. The van der Waals surface area contributed by atoms with E-state index in [1.807, 2.05) is 35.2 Å². The predicted molar refractivity (Wildman–Crippen MR) is 137 cm³/mol. The highest BCUT2D eigenvalue weighted by Gasteiger charge is 2.25. The first-order chi connectivity index (χ1) is 16.7. The van der Waals surface area contributed by atoms with Crippen LogP contribution in [-0.4, -0.2) is 40.0 Å². The maximum atomic E-state index is 13.4. The van der Waals surface area contributed by atoms with E-state index in [9.17, 15) is 14.4 Å². The second kappa shape index (κ2) is 11.6. The molecule has 0 aliphatic heterocycles. The quantitative estimate of drug-likeness (QED) is 0.435. The van der Waals surface area contributed by atoms with Gasteiger partial charge in [0, 0.05) is 13.1 Å². The highest BCUT2D eigenvalue weighted by atomic mass is 16.3. The van der Waals surface area contributed by atoms with E-state index in [1.165, 1.54) is 10.8 Å². The third-order valence-electron chi connectivity index (χ3n) is 5.49. The maximum Gasteiger partial charge on any atom is 0.330 e. The zero-order chi connectivity index (χ0) is 25.5. The molecule has 9 heteroatoms. The Hall–Kier alpha value is -3.75. The average Bonchev–Trinajstić information content (AvgIpc) is 3.29. The molecule has 0 spiro atoms. The normalized spacial score (nSPS) is 11.3. The Kier molecular flexibility index (Phi) is 8.57. The fourth-order valence-corrected chi connectivity index (χ4v) is 4.03. The Balaban J connectivity index is 2.02. The molecule has 0 bridgehead atoms. The summed E-state index contributed by atoms with van der Waals surface area (Å²) in [7, 11) is 0. The average molecular weight is 482 g/mol. The van der Waals surface area contributed by atoms with E-state index in [4.69, 9.17) is 10.2 Å². The van der Waals surface area contributed by atoms with Gasteiger partial charge in [-0.15, -0.1) is 0 Å². The van der Waals surface area contributed by atoms with E-state index < -0.39 is 11.2 Å². The summed E-state index contributed by atoms with van der Waals surface area (Å²) in [5.74, 6) is 1.02. The molecule has 0 aliphatic rings. The fourth-order valence-electron chi connectivity index (χ4n) is 4.03. The summed E-state index contributed by atoms with van der Waals surface area (Å²) in [6.07, 6.45) is 1.53. The van der Waals surface area contributed by atoms with E-state index in [0.717, 1.165) is 5.56 Å². The summed E-state index contributed by atoms with van der Waals surface area (Å²) in [4.78, 5) is 44.8. The van der Waals surface area contributed by atoms with Crippen molar-refractivity contribution in [1.82, 2.24) is 14.5 Å². The number of carbonyl (C=O) groups excluding carboxylic acids is 1. The molecule has 2 aromatic heterocycles. The van der Waals surface area contributed by atoms with E-state index in [-0.39, 0.29) is 48.9 Å². The first kappa shape index (κ1) is 25.9. The molecule has 3 aromatic rings. The highest BCUT2D eigenvalue weighted by molar-refractivity contribution is 5.82. The van der Waals surface area contributed by atoms with Gasteiger partial charge in [0.25, 0.3) is 5.56 Å². The van der Waals surface area contributed by atoms with E-state index in [0.29, 0.717) is 18.8 Å². The molecule has 9 nitrogen and oxygen atoms in total. The van der Waals surface area contributed by atoms with Crippen molar-refractivity contribution in [2.24, 2.45) is 11.8 Å². The minimum Gasteiger partial charge on any atom is -0.467 e. The van der Waals surface area contributed by atoms with Crippen LogP contribution in [0.1, 0.15) is 39.0 Å². The Morgan fingerprint density at radius 2 is 1.69 bits per heavy atom. The molecule has 3 rings (SSSR count). The summed E-state index contributed by atoms with van der Waals surface area (Å²) in [5.41, 5.74) is 6.10. The summed E-state index contributed by atoms with van der Waals surface area (Å²) < 4.78 is 6.81. The summed E-state index contributed by atoms with van der Waals surface area (Å²) in [6.45, 7) is 9.68. The molecule has 0 aliphatic carbocycles. The van der Waals surface area contributed by atoms with Gasteiger partial charge in [0.05, 0.1) is 25.9 Å². The van der Waals surface area contributed by atoms with Gasteiger partial charge in [0.15, 0.2) is 0 Å². The zero-order valence-electron chi connectivity index (χ0n) is 20.9. The summed E-state index contributed by atoms with van der Waals surface area (Å²) in [6, 6.07) is 12.9. The van der Waals surface area contributed by atoms with E-state index >= 15 is 0 Å². The molecular formula is C26H35N5O4. The Bertz CT molecular complexity index is 1200. The number of nitrogen functional groups attached to an aromatic ring is 1. The van der Waals surface area contributed by atoms with Crippen LogP contribution in [0, 0.1) is 11.8 Å². The third kappa shape index (κ3) is 6.88. The molecule has 188 valence electrons. The number of aromatic nitrogens is 2. The Morgan fingerprint density at radius 1 is 1.03 bits per heavy atom. The number of nitrogens with one attached hydrogen (secondary N) is 1. The van der Waals surface area contributed by atoms with Gasteiger partial charge in [-0.1, -0.05) is 58.0 Å². The van der Waals surface area contributed by atoms with Crippen LogP contribution in [0.15, 0.2) is 62.7 Å². The smallest absolute Gasteiger partial charge is 0.330 e. The number of hydrogen-bond donors (Lipinski definition) is 2. The fraction of sp³-hybridized carbons (Fsp3) is 0.423. The second-order valence-electron chi connectivity index (χ2n) is 9.59. The van der Waals surface area contributed by atoms with Crippen LogP contribution in [-0.2, 0) is 17.9 Å². The SMILES string of the molecule is CC(C)CN(CC(C)C)C(=O)CN(Cc1ccco1)c1c(N)n(Cc2ccccc2)c(=O)[nH]c1=O. The molecular weight excluding hydrogens is 446 g/mol. The number of aromatic amines is 1. The number of nitrogens with two attached hydrogens (primary N) is 1. The lowest BCUT2D eigenvalue weighted by atomic mass is 10.1. The number of rotatable bonds is 11. The summed E-state index contributed by atoms with van der Waals surface area (Å²) >= 11 is 0. The van der Waals surface area contributed by atoms with Gasteiger partial charge in [0.2, 0.25) is 5.91 Å². The molecule has 0 fully saturated rings. The van der Waals surface area contributed by atoms with Gasteiger partial charge in [-0.05, 0) is 29.5 Å². The number of anilines is 2. The van der Waals surface area contributed by atoms with Gasteiger partial charge < -0.3 is 20.0 Å². The maximum absolute atomic E-state index is 13.4. The van der Waals surface area contributed by atoms with E-state index in [1.54, 1.807) is 17.0 Å². The molecule has 0 saturated heterocycles. The lowest BCUT2D eigenvalue weighted by Gasteiger charge is -2.31. The summed E-state index contributed by atoms with van der Waals surface area (Å²) in [5, 5.41) is 0. The standard InChI is InChI=1S/C26H35N5O4/c1-18(2)13-29(14-19(3)4)22(32)17-30(16-21-11-8-12-35-21)23-24(27)31(26(34)28-25(23)33)15-20-9-6-5-7-10-20/h5-12,18-19H,13-17,27H2,1-4H3,(H,28,33,34). The van der Waals surface area contributed by atoms with Crippen LogP contribution < -0.4 is 21.9 Å². The molecule has 0 unspecified atom stereocenters. The number of nitrogens with zero attached hydrogens (tertiary/aromatic N) is 3. The largest absolute Gasteiger partial charge is 0.467 e. The molecule has 35 heavy (non-hydrogen) atoms. The molecule has 1 amide bonds. The lowest BCUT2D eigenvalue weighted by Crippen LogP contribution is -2.46. The van der Waals surface area contributed by atoms with Crippen LogP contribution in [0.3, 0.4) is 0 Å². The number of amides is 1. The number of carbonyl (C=O) groups is 1. The first-order valence-corrected chi connectivity index (χ1v) is 11.9. The minimum atomic E-state index is -0.643. The Morgan fingerprint density at radius 3 is 2.26 bits per heavy atom. The van der Waals surface area contributed by atoms with Gasteiger partial charge >= 0.3 is 5.69 Å². The number of furan rings is 1. The monoisotopic (exact) mass is 481 g/mol. The van der Waals surface area contributed by atoms with Crippen molar-refractivity contribution in [3.8, 4) is 0 Å². The number of hydrogen-bond acceptors (Lipinski definition) is 6. The van der Waals surface area contributed by atoms with Crippen LogP contribution in [0.4, 0.5) is 11.5 Å². The zero-order valence-corrected chi connectivity index (χ0v) is 20.9. The second-order valence-corrected chi connectivity index (χ2v) is 9.59. The number of H-pyrrole nitrogens is 1. The van der Waals surface area contributed by atoms with Crippen molar-refractivity contribution in [3.05, 3.63) is 80.9 Å². The van der Waals surface area contributed by atoms with Crippen molar-refractivity contribution in [3.63, 3.8) is 0 Å². The first-order valence-electron chi connectivity index (χ1n) is 11.9. The van der Waals surface area contributed by atoms with Gasteiger partial charge in [-0.3, -0.25) is 19.1 Å². The van der Waals surface area contributed by atoms with Crippen molar-refractivity contribution < 1.29 is 9.21 Å². The van der Waals surface area contributed by atoms with Gasteiger partial charge in [0.1, 0.15) is 17.3 Å². The van der Waals surface area contributed by atoms with Crippen molar-refractivity contribution in [2.45, 2.75) is 40.8 Å². The van der Waals surface area contributed by atoms with Crippen molar-refractivity contribution >= 4 is 17.4 Å². The molecule has 0 atom stereocenters. The molecule has 3 N–H and O–H groups in total. The van der Waals surface area contributed by atoms with Crippen molar-refractivity contribution in [2.75, 3.05) is 30.3 Å². The van der Waals surface area contributed by atoms with Crippen LogP contribution >= 0.6 is 0 Å². The van der Waals surface area contributed by atoms with Crippen LogP contribution in [0.25, 0.3) is 0 Å². The topological polar surface area (TPSA) is 118 Å². The van der Waals surface area contributed by atoms with E-state index in [2.05, 4.69) is 32.7 Å². The Labute approximate surface area is 205 Å². The third-order valence-corrected chi connectivity index (χ3v) is 5.49. The van der Waals surface area contributed by atoms with Crippen molar-refractivity contribution in [1.29, 1.82) is 0 Å². The van der Waals surface area contributed by atoms with Gasteiger partial charge in [-0.2, -0.15) is 0 Å². The molecule has 2 heterocycles. The number of benzene rings is 1. The van der Waals surface area contributed by atoms with Crippen LogP contribution in [0.5, 0.6) is 0 Å². The van der Waals surface area contributed by atoms with Crippen LogP contribution in [0.2, 0.25) is 0 Å². The molecule has 1 aromatic carbocycles. The predicted octanol–water partition coefficient (Wildman–Crippen LogP) is 2.91. The minimum absolute atomic E-state index is 0.00114. The van der Waals surface area contributed by atoms with Gasteiger partial charge in [-0.25, -0.2) is 4.79 Å². The molecule has 0 saturated carbocycles.